The Bertz CT molecular complexity index is 1040. The Balaban J connectivity index is 0.00000225. The maximum Gasteiger partial charge on any atom is 0.308 e. The summed E-state index contributed by atoms with van der Waals surface area (Å²) in [6.45, 7) is 2.44. The van der Waals surface area contributed by atoms with Crippen LogP contribution in [0.1, 0.15) is 0 Å². The summed E-state index contributed by atoms with van der Waals surface area (Å²) in [6, 6.07) is 13.5. The molecule has 148 valence electrons. The Morgan fingerprint density at radius 2 is 1.79 bits per heavy atom. The molecule has 2 N–H and O–H groups in total. The fourth-order valence-electron chi connectivity index (χ4n) is 3.28. The lowest BCUT2D eigenvalue weighted by Crippen LogP contribution is -2.52. The molecule has 3 aromatic rings. The average molecular weight is 439 g/mol. The molecular weight excluding hydrogens is 419 g/mol. The zero-order chi connectivity index (χ0) is 19.0. The molecule has 0 aliphatic carbocycles. The van der Waals surface area contributed by atoms with Crippen LogP contribution >= 0.6 is 35.3 Å². The molecule has 2 aromatic carbocycles. The smallest absolute Gasteiger partial charge is 0.308 e. The van der Waals surface area contributed by atoms with Gasteiger partial charge in [-0.3, -0.25) is 20.0 Å². The maximum absolute atomic E-state index is 12.6. The molecule has 1 amide bonds. The first-order chi connectivity index (χ1) is 13.0. The number of aromatic nitrogens is 1. The van der Waals surface area contributed by atoms with Gasteiger partial charge in [-0.2, -0.15) is 0 Å². The van der Waals surface area contributed by atoms with Crippen LogP contribution in [0.15, 0.2) is 47.3 Å². The predicted molar refractivity (Wildman–Crippen MR) is 116 cm³/mol. The summed E-state index contributed by atoms with van der Waals surface area (Å²) in [5.41, 5.74) is 2.57. The molecular formula is C19H20Cl2N4O2S. The summed E-state index contributed by atoms with van der Waals surface area (Å²) in [6.07, 6.45) is 0. The van der Waals surface area contributed by atoms with Crippen molar-refractivity contribution < 1.29 is 4.79 Å². The predicted octanol–water partition coefficient (Wildman–Crippen LogP) is 2.82. The first-order valence-electron chi connectivity index (χ1n) is 8.68. The number of rotatable bonds is 3. The minimum atomic E-state index is -0.155. The fraction of sp³-hybridized carbons (Fsp3) is 0.263. The van der Waals surface area contributed by atoms with Crippen LogP contribution in [0.2, 0.25) is 5.02 Å². The van der Waals surface area contributed by atoms with Gasteiger partial charge in [0.25, 0.3) is 0 Å². The number of fused-ring (bicyclic) bond motifs is 1. The van der Waals surface area contributed by atoms with Crippen LogP contribution in [-0.2, 0) is 11.3 Å². The molecule has 0 spiro atoms. The summed E-state index contributed by atoms with van der Waals surface area (Å²) >= 11 is 7.63. The van der Waals surface area contributed by atoms with Crippen LogP contribution in [0.25, 0.3) is 21.3 Å². The van der Waals surface area contributed by atoms with Gasteiger partial charge in [-0.05, 0) is 17.7 Å². The first-order valence-corrected chi connectivity index (χ1v) is 9.88. The van der Waals surface area contributed by atoms with Crippen molar-refractivity contribution in [1.29, 1.82) is 0 Å². The Morgan fingerprint density at radius 1 is 1.11 bits per heavy atom. The van der Waals surface area contributed by atoms with E-state index in [0.717, 1.165) is 27.2 Å². The molecule has 2 heterocycles. The topological polar surface area (TPSA) is 71.6 Å². The number of nitrogens with zero attached hydrogens (tertiary/aromatic N) is 3. The molecule has 0 saturated carbocycles. The Morgan fingerprint density at radius 3 is 2.46 bits per heavy atom. The van der Waals surface area contributed by atoms with Gasteiger partial charge in [0.15, 0.2) is 0 Å². The van der Waals surface area contributed by atoms with Gasteiger partial charge in [-0.1, -0.05) is 53.3 Å². The van der Waals surface area contributed by atoms with Gasteiger partial charge in [-0.25, -0.2) is 5.01 Å². The summed E-state index contributed by atoms with van der Waals surface area (Å²) in [5, 5.41) is 2.25. The lowest BCUT2D eigenvalue weighted by molar-refractivity contribution is -0.133. The molecule has 6 nitrogen and oxygen atoms in total. The van der Waals surface area contributed by atoms with Crippen molar-refractivity contribution in [3.8, 4) is 11.1 Å². The summed E-state index contributed by atoms with van der Waals surface area (Å²) in [4.78, 5) is 26.7. The Kier molecular flexibility index (Phi) is 6.42. The van der Waals surface area contributed by atoms with Gasteiger partial charge in [-0.15, -0.1) is 12.4 Å². The number of carbonyl (C=O) groups is 1. The number of halogens is 2. The highest BCUT2D eigenvalue weighted by Crippen LogP contribution is 2.33. The van der Waals surface area contributed by atoms with Gasteiger partial charge in [0.2, 0.25) is 5.91 Å². The Hall–Kier alpha value is -1.90. The molecule has 28 heavy (non-hydrogen) atoms. The third-order valence-electron chi connectivity index (χ3n) is 4.80. The van der Waals surface area contributed by atoms with Crippen LogP contribution in [0.3, 0.4) is 0 Å². The van der Waals surface area contributed by atoms with Crippen LogP contribution in [0.4, 0.5) is 0 Å². The zero-order valence-corrected chi connectivity index (χ0v) is 17.4. The van der Waals surface area contributed by atoms with E-state index in [2.05, 4.69) is 0 Å². The number of carbonyl (C=O) groups excluding carboxylic acids is 1. The second-order valence-corrected chi connectivity index (χ2v) is 7.94. The van der Waals surface area contributed by atoms with E-state index < -0.39 is 0 Å². The highest BCUT2D eigenvalue weighted by molar-refractivity contribution is 7.16. The molecule has 1 fully saturated rings. The van der Waals surface area contributed by atoms with Gasteiger partial charge < -0.3 is 4.90 Å². The highest BCUT2D eigenvalue weighted by atomic mass is 35.5. The third kappa shape index (κ3) is 4.09. The minimum absolute atomic E-state index is 0. The van der Waals surface area contributed by atoms with E-state index in [9.17, 15) is 9.59 Å². The second-order valence-electron chi connectivity index (χ2n) is 6.54. The third-order valence-corrected chi connectivity index (χ3v) is 6.06. The lowest BCUT2D eigenvalue weighted by Gasteiger charge is -2.32. The molecule has 1 aromatic heterocycles. The van der Waals surface area contributed by atoms with Crippen molar-refractivity contribution >= 4 is 51.5 Å². The summed E-state index contributed by atoms with van der Waals surface area (Å²) in [5.74, 6) is 5.66. The number of amides is 1. The summed E-state index contributed by atoms with van der Waals surface area (Å²) < 4.78 is 2.33. The number of hydrazine groups is 1. The SMILES string of the molecule is Cl.NN1CCN(C(=O)Cn2c(=O)sc3cc(-c4ccccc4)c(Cl)cc32)CC1. The van der Waals surface area contributed by atoms with Crippen molar-refractivity contribution in [1.82, 2.24) is 14.5 Å². The van der Waals surface area contributed by atoms with Crippen molar-refractivity contribution in [3.05, 3.63) is 57.2 Å². The first kappa shape index (κ1) is 20.8. The number of nitrogens with two attached hydrogens (primary N) is 1. The van der Waals surface area contributed by atoms with E-state index in [1.807, 2.05) is 36.4 Å². The molecule has 1 aliphatic rings. The van der Waals surface area contributed by atoms with Crippen LogP contribution in [0.5, 0.6) is 0 Å². The number of piperazine rings is 1. The van der Waals surface area contributed by atoms with Crippen molar-refractivity contribution in [2.75, 3.05) is 26.2 Å². The molecule has 1 aliphatic heterocycles. The van der Waals surface area contributed by atoms with Crippen molar-refractivity contribution in [3.63, 3.8) is 0 Å². The van der Waals surface area contributed by atoms with Gasteiger partial charge in [0.05, 0.1) is 15.2 Å². The molecule has 1 saturated heterocycles. The standard InChI is InChI=1S/C19H19ClN4O2S.ClH/c20-15-11-16-17(10-14(15)13-4-2-1-3-5-13)27-19(26)24(16)12-18(25)22-6-8-23(21)9-7-22;/h1-5,10-11H,6-9,12,21H2;1H. The molecule has 0 atom stereocenters. The molecule has 9 heteroatoms. The fourth-order valence-corrected chi connectivity index (χ4v) is 4.46. The lowest BCUT2D eigenvalue weighted by atomic mass is 10.1. The molecule has 0 radical (unpaired) electrons. The number of hydrogen-bond acceptors (Lipinski definition) is 5. The highest BCUT2D eigenvalue weighted by Gasteiger charge is 2.21. The van der Waals surface area contributed by atoms with Gasteiger partial charge >= 0.3 is 4.87 Å². The number of benzene rings is 2. The van der Waals surface area contributed by atoms with E-state index in [0.29, 0.717) is 36.7 Å². The Labute approximate surface area is 177 Å². The summed E-state index contributed by atoms with van der Waals surface area (Å²) in [7, 11) is 0. The second kappa shape index (κ2) is 8.63. The van der Waals surface area contributed by atoms with E-state index in [-0.39, 0.29) is 29.7 Å². The van der Waals surface area contributed by atoms with Gasteiger partial charge in [0, 0.05) is 31.7 Å². The van der Waals surface area contributed by atoms with Crippen molar-refractivity contribution in [2.24, 2.45) is 5.84 Å². The molecule has 0 bridgehead atoms. The zero-order valence-electron chi connectivity index (χ0n) is 15.0. The van der Waals surface area contributed by atoms with Crippen LogP contribution in [0, 0.1) is 0 Å². The monoisotopic (exact) mass is 438 g/mol. The van der Waals surface area contributed by atoms with E-state index in [1.165, 1.54) is 4.57 Å². The van der Waals surface area contributed by atoms with E-state index in [1.54, 1.807) is 16.0 Å². The average Bonchev–Trinajstić information content (AvgIpc) is 2.97. The van der Waals surface area contributed by atoms with Crippen LogP contribution in [-0.4, -0.2) is 46.6 Å². The maximum atomic E-state index is 12.6. The molecule has 4 rings (SSSR count). The largest absolute Gasteiger partial charge is 0.338 e. The number of thiazole rings is 1. The molecule has 0 unspecified atom stereocenters. The van der Waals surface area contributed by atoms with Crippen molar-refractivity contribution in [2.45, 2.75) is 6.54 Å². The van der Waals surface area contributed by atoms with Crippen LogP contribution < -0.4 is 10.7 Å². The quantitative estimate of drug-likeness (QED) is 0.638. The van der Waals surface area contributed by atoms with E-state index in [4.69, 9.17) is 17.4 Å². The minimum Gasteiger partial charge on any atom is -0.338 e. The normalized spacial score (nSPS) is 14.9. The van der Waals surface area contributed by atoms with E-state index >= 15 is 0 Å². The number of hydrogen-bond donors (Lipinski definition) is 1. The van der Waals surface area contributed by atoms with Gasteiger partial charge in [0.1, 0.15) is 6.54 Å².